The molecule has 4 nitrogen and oxygen atoms in total. The predicted octanol–water partition coefficient (Wildman–Crippen LogP) is 4.50. The van der Waals surface area contributed by atoms with Crippen LogP contribution >= 0.6 is 0 Å². The fraction of sp³-hybridized carbons (Fsp3) is 0.400. The molecule has 0 saturated heterocycles. The molecule has 1 aliphatic rings. The highest BCUT2D eigenvalue weighted by Gasteiger charge is 2.29. The fourth-order valence-electron chi connectivity index (χ4n) is 3.97. The highest BCUT2D eigenvalue weighted by molar-refractivity contribution is 5.81. The molecule has 0 radical (unpaired) electrons. The topological polar surface area (TPSA) is 41.6 Å². The van der Waals surface area contributed by atoms with Crippen molar-refractivity contribution in [3.8, 4) is 5.75 Å². The van der Waals surface area contributed by atoms with E-state index in [0.29, 0.717) is 6.42 Å². The van der Waals surface area contributed by atoms with Gasteiger partial charge in [0.25, 0.3) is 5.91 Å². The summed E-state index contributed by atoms with van der Waals surface area (Å²) in [4.78, 5) is 14.9. The maximum atomic E-state index is 12.4. The summed E-state index contributed by atoms with van der Waals surface area (Å²) in [5.41, 5.74) is 3.85. The summed E-state index contributed by atoms with van der Waals surface area (Å²) in [6, 6.07) is 17.1. The van der Waals surface area contributed by atoms with Crippen LogP contribution in [0.15, 0.2) is 61.2 Å². The normalized spacial score (nSPS) is 17.4. The lowest BCUT2D eigenvalue weighted by atomic mass is 9.88. The second-order valence-corrected chi connectivity index (χ2v) is 7.89. The maximum Gasteiger partial charge on any atom is 0.261 e. The summed E-state index contributed by atoms with van der Waals surface area (Å²) in [7, 11) is 0. The van der Waals surface area contributed by atoms with E-state index in [0.717, 1.165) is 25.3 Å². The van der Waals surface area contributed by atoms with Gasteiger partial charge in [0.15, 0.2) is 6.10 Å². The van der Waals surface area contributed by atoms with Gasteiger partial charge in [-0.25, -0.2) is 0 Å². The molecule has 0 aliphatic carbocycles. The minimum atomic E-state index is -0.488. The van der Waals surface area contributed by atoms with Gasteiger partial charge in [0, 0.05) is 19.1 Å². The third-order valence-corrected chi connectivity index (χ3v) is 5.30. The van der Waals surface area contributed by atoms with Crippen LogP contribution in [0.25, 0.3) is 0 Å². The number of fused-ring (bicyclic) bond motifs is 1. The van der Waals surface area contributed by atoms with Crippen molar-refractivity contribution in [3.63, 3.8) is 0 Å². The molecule has 0 spiro atoms. The Balaban J connectivity index is 1.92. The van der Waals surface area contributed by atoms with Gasteiger partial charge in [0.1, 0.15) is 5.75 Å². The van der Waals surface area contributed by atoms with E-state index in [9.17, 15) is 4.79 Å². The Labute approximate surface area is 174 Å². The van der Waals surface area contributed by atoms with Crippen molar-refractivity contribution >= 4 is 5.91 Å². The van der Waals surface area contributed by atoms with E-state index in [1.54, 1.807) is 0 Å². The Bertz CT molecular complexity index is 832. The van der Waals surface area contributed by atoms with Crippen molar-refractivity contribution in [3.05, 3.63) is 77.9 Å². The molecule has 4 heteroatoms. The standard InChI is InChI=1S/C25H32N2O2/c1-5-15-27-16-14-19-12-13-21(29-23(6-2)25(28)26-18(3)4)17-22(19)24(27)20-10-8-7-9-11-20/h5,7-13,17-18,23-24H,1,6,14-16H2,2-4H3,(H,26,28). The summed E-state index contributed by atoms with van der Waals surface area (Å²) in [6.07, 6.45) is 3.10. The van der Waals surface area contributed by atoms with Crippen LogP contribution in [-0.2, 0) is 11.2 Å². The largest absolute Gasteiger partial charge is 0.481 e. The van der Waals surface area contributed by atoms with Crippen LogP contribution in [0.3, 0.4) is 0 Å². The van der Waals surface area contributed by atoms with E-state index in [4.69, 9.17) is 4.74 Å². The highest BCUT2D eigenvalue weighted by Crippen LogP contribution is 2.37. The Morgan fingerprint density at radius 1 is 1.28 bits per heavy atom. The third kappa shape index (κ3) is 5.07. The average Bonchev–Trinajstić information content (AvgIpc) is 2.72. The molecule has 0 fully saturated rings. The van der Waals surface area contributed by atoms with Crippen molar-refractivity contribution in [1.82, 2.24) is 10.2 Å². The molecule has 1 heterocycles. The summed E-state index contributed by atoms with van der Waals surface area (Å²) >= 11 is 0. The second kappa shape index (κ2) is 9.75. The summed E-state index contributed by atoms with van der Waals surface area (Å²) < 4.78 is 6.12. The molecule has 1 amide bonds. The molecule has 1 N–H and O–H groups in total. The van der Waals surface area contributed by atoms with Crippen molar-refractivity contribution in [2.45, 2.75) is 51.8 Å². The molecule has 154 valence electrons. The number of ether oxygens (including phenoxy) is 1. The number of benzene rings is 2. The lowest BCUT2D eigenvalue weighted by Gasteiger charge is -2.37. The van der Waals surface area contributed by atoms with E-state index in [2.05, 4.69) is 53.2 Å². The quantitative estimate of drug-likeness (QED) is 0.673. The number of amides is 1. The van der Waals surface area contributed by atoms with Gasteiger partial charge < -0.3 is 10.1 Å². The zero-order chi connectivity index (χ0) is 20.8. The molecule has 0 aromatic heterocycles. The number of nitrogens with one attached hydrogen (secondary N) is 1. The van der Waals surface area contributed by atoms with Crippen LogP contribution in [-0.4, -0.2) is 36.0 Å². The number of hydrogen-bond donors (Lipinski definition) is 1. The van der Waals surface area contributed by atoms with Crippen LogP contribution in [0.4, 0.5) is 0 Å². The van der Waals surface area contributed by atoms with Gasteiger partial charge in [0.2, 0.25) is 0 Å². The molecule has 2 atom stereocenters. The van der Waals surface area contributed by atoms with Crippen LogP contribution in [0.5, 0.6) is 5.75 Å². The maximum absolute atomic E-state index is 12.4. The fourth-order valence-corrected chi connectivity index (χ4v) is 3.97. The first-order valence-electron chi connectivity index (χ1n) is 10.5. The lowest BCUT2D eigenvalue weighted by Crippen LogP contribution is -2.41. The summed E-state index contributed by atoms with van der Waals surface area (Å²) in [5, 5.41) is 2.95. The van der Waals surface area contributed by atoms with Gasteiger partial charge in [-0.1, -0.05) is 49.4 Å². The molecule has 2 aromatic rings. The highest BCUT2D eigenvalue weighted by atomic mass is 16.5. The Morgan fingerprint density at radius 3 is 2.69 bits per heavy atom. The Morgan fingerprint density at radius 2 is 2.03 bits per heavy atom. The van der Waals surface area contributed by atoms with Gasteiger partial charge >= 0.3 is 0 Å². The lowest BCUT2D eigenvalue weighted by molar-refractivity contribution is -0.128. The molecular formula is C25H32N2O2. The Kier molecular flexibility index (Phi) is 7.10. The number of carbonyl (C=O) groups excluding carboxylic acids is 1. The van der Waals surface area contributed by atoms with Crippen LogP contribution in [0, 0.1) is 0 Å². The number of nitrogens with zero attached hydrogens (tertiary/aromatic N) is 1. The monoisotopic (exact) mass is 392 g/mol. The van der Waals surface area contributed by atoms with Crippen molar-refractivity contribution in [1.29, 1.82) is 0 Å². The van der Waals surface area contributed by atoms with Crippen molar-refractivity contribution in [2.75, 3.05) is 13.1 Å². The average molecular weight is 393 g/mol. The number of rotatable bonds is 8. The van der Waals surface area contributed by atoms with E-state index in [-0.39, 0.29) is 18.0 Å². The second-order valence-electron chi connectivity index (χ2n) is 7.89. The number of hydrogen-bond acceptors (Lipinski definition) is 3. The first kappa shape index (κ1) is 21.1. The van der Waals surface area contributed by atoms with Crippen LogP contribution < -0.4 is 10.1 Å². The van der Waals surface area contributed by atoms with E-state index in [1.165, 1.54) is 16.7 Å². The molecule has 29 heavy (non-hydrogen) atoms. The predicted molar refractivity (Wildman–Crippen MR) is 118 cm³/mol. The molecule has 3 rings (SSSR count). The number of carbonyl (C=O) groups is 1. The first-order chi connectivity index (χ1) is 14.0. The minimum Gasteiger partial charge on any atom is -0.481 e. The minimum absolute atomic E-state index is 0.0619. The Hall–Kier alpha value is -2.59. The van der Waals surface area contributed by atoms with Crippen LogP contribution in [0.2, 0.25) is 0 Å². The van der Waals surface area contributed by atoms with Crippen molar-refractivity contribution in [2.24, 2.45) is 0 Å². The van der Waals surface area contributed by atoms with E-state index < -0.39 is 6.10 Å². The molecule has 2 aromatic carbocycles. The first-order valence-corrected chi connectivity index (χ1v) is 10.5. The van der Waals surface area contributed by atoms with E-state index in [1.807, 2.05) is 39.0 Å². The van der Waals surface area contributed by atoms with Crippen LogP contribution in [0.1, 0.15) is 49.9 Å². The van der Waals surface area contributed by atoms with Crippen molar-refractivity contribution < 1.29 is 9.53 Å². The summed E-state index contributed by atoms with van der Waals surface area (Å²) in [6.45, 7) is 11.7. The zero-order valence-corrected chi connectivity index (χ0v) is 17.7. The summed E-state index contributed by atoms with van der Waals surface area (Å²) in [5.74, 6) is 0.684. The molecule has 0 saturated carbocycles. The molecular weight excluding hydrogens is 360 g/mol. The van der Waals surface area contributed by atoms with Gasteiger partial charge in [-0.2, -0.15) is 0 Å². The molecule has 2 unspecified atom stereocenters. The smallest absolute Gasteiger partial charge is 0.261 e. The van der Waals surface area contributed by atoms with E-state index >= 15 is 0 Å². The molecule has 1 aliphatic heterocycles. The third-order valence-electron chi connectivity index (χ3n) is 5.30. The van der Waals surface area contributed by atoms with Gasteiger partial charge in [0.05, 0.1) is 6.04 Å². The van der Waals surface area contributed by atoms with Gasteiger partial charge in [-0.05, 0) is 55.5 Å². The SMILES string of the molecule is C=CCN1CCc2ccc(OC(CC)C(=O)NC(C)C)cc2C1c1ccccc1. The van der Waals surface area contributed by atoms with Gasteiger partial charge in [-0.15, -0.1) is 6.58 Å². The zero-order valence-electron chi connectivity index (χ0n) is 17.7. The molecule has 0 bridgehead atoms. The van der Waals surface area contributed by atoms with Gasteiger partial charge in [-0.3, -0.25) is 9.69 Å².